The van der Waals surface area contributed by atoms with E-state index in [2.05, 4.69) is 10.3 Å². The van der Waals surface area contributed by atoms with Gasteiger partial charge in [-0.05, 0) is 42.9 Å². The van der Waals surface area contributed by atoms with Crippen LogP contribution in [0.25, 0.3) is 10.4 Å². The summed E-state index contributed by atoms with van der Waals surface area (Å²) in [6, 6.07) is 7.18. The number of aliphatic hydroxyl groups is 1. The van der Waals surface area contributed by atoms with Gasteiger partial charge in [0.2, 0.25) is 11.8 Å². The minimum absolute atomic E-state index is 0.0273. The number of carbonyl (C=O) groups excluding carboxylic acids is 3. The summed E-state index contributed by atoms with van der Waals surface area (Å²) in [6.07, 6.45) is 1.40. The van der Waals surface area contributed by atoms with Crippen molar-refractivity contribution in [2.45, 2.75) is 78.5 Å². The molecule has 1 aliphatic rings. The van der Waals surface area contributed by atoms with Gasteiger partial charge >= 0.3 is 0 Å². The molecule has 0 bridgehead atoms. The second-order valence-electron chi connectivity index (χ2n) is 11.0. The van der Waals surface area contributed by atoms with E-state index in [1.807, 2.05) is 57.5 Å². The molecule has 1 aromatic heterocycles. The van der Waals surface area contributed by atoms with Gasteiger partial charge in [0.1, 0.15) is 11.8 Å². The number of aromatic nitrogens is 1. The quantitative estimate of drug-likeness (QED) is 0.384. The van der Waals surface area contributed by atoms with Crippen molar-refractivity contribution in [1.29, 1.82) is 0 Å². The Labute approximate surface area is 223 Å². The fourth-order valence-corrected chi connectivity index (χ4v) is 5.54. The summed E-state index contributed by atoms with van der Waals surface area (Å²) in [5.41, 5.74) is 9.89. The van der Waals surface area contributed by atoms with Crippen molar-refractivity contribution in [2.75, 3.05) is 13.1 Å². The molecule has 1 aromatic carbocycles. The van der Waals surface area contributed by atoms with Crippen molar-refractivity contribution in [1.82, 2.24) is 15.2 Å². The molecule has 3 rings (SSSR count). The first kappa shape index (κ1) is 28.9. The topological polar surface area (TPSA) is 126 Å². The van der Waals surface area contributed by atoms with E-state index in [0.29, 0.717) is 25.9 Å². The molecule has 4 N–H and O–H groups in total. The zero-order chi connectivity index (χ0) is 27.2. The van der Waals surface area contributed by atoms with Crippen molar-refractivity contribution in [2.24, 2.45) is 17.1 Å². The lowest BCUT2D eigenvalue weighted by Gasteiger charge is -2.34. The SMILES string of the molecule is Cc1ncsc1-c1ccc(CNC(=O)[C@@H]2C[C@@H](O)CN2C(=O)[C@@H](CC(=O)CCCCN)C(C)(C)C)cc1. The molecule has 1 aliphatic heterocycles. The Bertz CT molecular complexity index is 1080. The van der Waals surface area contributed by atoms with Crippen LogP contribution in [-0.2, 0) is 20.9 Å². The molecule has 202 valence electrons. The number of aliphatic hydroxyl groups excluding tert-OH is 1. The normalized spacial score (nSPS) is 18.6. The number of Topliss-reactive ketones (excluding diaryl/α,β-unsaturated/α-hetero) is 1. The smallest absolute Gasteiger partial charge is 0.243 e. The molecule has 0 spiro atoms. The summed E-state index contributed by atoms with van der Waals surface area (Å²) in [6.45, 7) is 8.72. The third-order valence-corrected chi connectivity index (χ3v) is 7.96. The van der Waals surface area contributed by atoms with Crippen LogP contribution in [0.15, 0.2) is 29.8 Å². The van der Waals surface area contributed by atoms with Gasteiger partial charge in [0.05, 0.1) is 22.2 Å². The Hall–Kier alpha value is -2.62. The Kier molecular flexibility index (Phi) is 9.98. The van der Waals surface area contributed by atoms with Gasteiger partial charge in [-0.15, -0.1) is 11.3 Å². The van der Waals surface area contributed by atoms with Crippen molar-refractivity contribution < 1.29 is 19.5 Å². The fraction of sp³-hybridized carbons (Fsp3) is 0.571. The third kappa shape index (κ3) is 7.69. The van der Waals surface area contributed by atoms with Crippen LogP contribution < -0.4 is 11.1 Å². The van der Waals surface area contributed by atoms with E-state index >= 15 is 0 Å². The zero-order valence-electron chi connectivity index (χ0n) is 22.3. The van der Waals surface area contributed by atoms with Crippen LogP contribution in [0, 0.1) is 18.3 Å². The van der Waals surface area contributed by atoms with E-state index in [1.54, 1.807) is 11.3 Å². The largest absolute Gasteiger partial charge is 0.391 e. The summed E-state index contributed by atoms with van der Waals surface area (Å²) >= 11 is 1.59. The number of β-amino-alcohol motifs (C(OH)–C–C–N with tert-alkyl or cyclic N) is 1. The highest BCUT2D eigenvalue weighted by atomic mass is 32.1. The highest BCUT2D eigenvalue weighted by Gasteiger charge is 2.44. The van der Waals surface area contributed by atoms with Gasteiger partial charge in [-0.2, -0.15) is 0 Å². The van der Waals surface area contributed by atoms with Crippen LogP contribution in [0.1, 0.15) is 64.1 Å². The van der Waals surface area contributed by atoms with E-state index in [1.165, 1.54) is 4.90 Å². The molecule has 3 atom stereocenters. The lowest BCUT2D eigenvalue weighted by atomic mass is 9.76. The maximum Gasteiger partial charge on any atom is 0.243 e. The molecule has 1 fully saturated rings. The van der Waals surface area contributed by atoms with E-state index in [0.717, 1.165) is 28.1 Å². The number of carbonyl (C=O) groups is 3. The fourth-order valence-electron chi connectivity index (χ4n) is 4.73. The van der Waals surface area contributed by atoms with Gasteiger partial charge < -0.3 is 21.1 Å². The number of thiazole rings is 1. The number of unbranched alkanes of at least 4 members (excludes halogenated alkanes) is 1. The number of nitrogens with zero attached hydrogens (tertiary/aromatic N) is 2. The second kappa shape index (κ2) is 12.8. The number of aryl methyl sites for hydroxylation is 1. The minimum Gasteiger partial charge on any atom is -0.391 e. The van der Waals surface area contributed by atoms with Crippen molar-refractivity contribution in [3.63, 3.8) is 0 Å². The van der Waals surface area contributed by atoms with Crippen LogP contribution in [0.4, 0.5) is 0 Å². The average molecular weight is 529 g/mol. The van der Waals surface area contributed by atoms with Gasteiger partial charge in [0, 0.05) is 38.3 Å². The van der Waals surface area contributed by atoms with Gasteiger partial charge in [0.15, 0.2) is 0 Å². The molecule has 37 heavy (non-hydrogen) atoms. The van der Waals surface area contributed by atoms with E-state index < -0.39 is 23.5 Å². The van der Waals surface area contributed by atoms with Gasteiger partial charge in [-0.25, -0.2) is 4.98 Å². The first-order chi connectivity index (χ1) is 17.5. The maximum absolute atomic E-state index is 13.6. The van der Waals surface area contributed by atoms with Crippen LogP contribution in [0.5, 0.6) is 0 Å². The molecule has 2 aromatic rings. The summed E-state index contributed by atoms with van der Waals surface area (Å²) in [5, 5.41) is 13.3. The molecule has 0 saturated carbocycles. The summed E-state index contributed by atoms with van der Waals surface area (Å²) in [5.74, 6) is -1.09. The highest BCUT2D eigenvalue weighted by Crippen LogP contribution is 2.34. The molecular weight excluding hydrogens is 488 g/mol. The number of likely N-dealkylation sites (tertiary alicyclic amines) is 1. The molecule has 2 amide bonds. The zero-order valence-corrected chi connectivity index (χ0v) is 23.1. The first-order valence-corrected chi connectivity index (χ1v) is 13.9. The average Bonchev–Trinajstić information content (AvgIpc) is 3.46. The van der Waals surface area contributed by atoms with E-state index in [-0.39, 0.29) is 37.0 Å². The van der Waals surface area contributed by atoms with Crippen LogP contribution in [-0.4, -0.2) is 57.8 Å². The molecule has 8 nitrogen and oxygen atoms in total. The Morgan fingerprint density at radius 3 is 2.51 bits per heavy atom. The van der Waals surface area contributed by atoms with Gasteiger partial charge in [-0.3, -0.25) is 14.4 Å². The highest BCUT2D eigenvalue weighted by molar-refractivity contribution is 7.13. The number of rotatable bonds is 11. The Morgan fingerprint density at radius 1 is 1.22 bits per heavy atom. The van der Waals surface area contributed by atoms with Crippen LogP contribution >= 0.6 is 11.3 Å². The lowest BCUT2D eigenvalue weighted by molar-refractivity contribution is -0.146. The summed E-state index contributed by atoms with van der Waals surface area (Å²) in [4.78, 5) is 46.3. The van der Waals surface area contributed by atoms with E-state index in [4.69, 9.17) is 5.73 Å². The standard InChI is InChI=1S/C28H40N4O4S/c1-18-25(37-17-31-18)20-10-8-19(9-11-20)15-30-26(35)24-14-22(34)16-32(24)27(36)23(28(2,3)4)13-21(33)7-5-6-12-29/h8-11,17,22-24,34H,5-7,12-16,29H2,1-4H3,(H,30,35)/t22-,23-,24+/m1/s1. The number of nitrogens with one attached hydrogen (secondary N) is 1. The summed E-state index contributed by atoms with van der Waals surface area (Å²) in [7, 11) is 0. The predicted molar refractivity (Wildman–Crippen MR) is 146 cm³/mol. The molecular formula is C28H40N4O4S. The van der Waals surface area contributed by atoms with Crippen molar-refractivity contribution >= 4 is 28.9 Å². The molecule has 0 radical (unpaired) electrons. The monoisotopic (exact) mass is 528 g/mol. The predicted octanol–water partition coefficient (Wildman–Crippen LogP) is 3.45. The van der Waals surface area contributed by atoms with Crippen molar-refractivity contribution in [3.05, 3.63) is 41.0 Å². The summed E-state index contributed by atoms with van der Waals surface area (Å²) < 4.78 is 0. The third-order valence-electron chi connectivity index (χ3n) is 6.98. The van der Waals surface area contributed by atoms with Gasteiger partial charge in [0.25, 0.3) is 0 Å². The Morgan fingerprint density at radius 2 is 1.92 bits per heavy atom. The molecule has 9 heteroatoms. The van der Waals surface area contributed by atoms with Gasteiger partial charge in [-0.1, -0.05) is 45.0 Å². The first-order valence-electron chi connectivity index (χ1n) is 13.0. The number of hydrogen-bond donors (Lipinski definition) is 3. The number of benzene rings is 1. The lowest BCUT2D eigenvalue weighted by Crippen LogP contribution is -2.50. The Balaban J connectivity index is 1.65. The molecule has 1 saturated heterocycles. The minimum atomic E-state index is -0.775. The van der Waals surface area contributed by atoms with E-state index in [9.17, 15) is 19.5 Å². The molecule has 0 unspecified atom stereocenters. The number of ketones is 1. The maximum atomic E-state index is 13.6. The second-order valence-corrected chi connectivity index (χ2v) is 11.8. The van der Waals surface area contributed by atoms with Crippen LogP contribution in [0.3, 0.4) is 0 Å². The number of nitrogens with two attached hydrogens (primary N) is 1. The number of amides is 2. The molecule has 0 aliphatic carbocycles. The molecule has 2 heterocycles. The van der Waals surface area contributed by atoms with Crippen LogP contribution in [0.2, 0.25) is 0 Å². The van der Waals surface area contributed by atoms with Crippen molar-refractivity contribution in [3.8, 4) is 10.4 Å². The number of hydrogen-bond acceptors (Lipinski definition) is 7.